The fourth-order valence-electron chi connectivity index (χ4n) is 3.29. The van der Waals surface area contributed by atoms with Crippen molar-refractivity contribution < 1.29 is 23.9 Å². The molecule has 7 heteroatoms. The van der Waals surface area contributed by atoms with Crippen molar-refractivity contribution in [1.82, 2.24) is 10.2 Å². The second-order valence-electron chi connectivity index (χ2n) is 6.65. The van der Waals surface area contributed by atoms with Gasteiger partial charge in [0.05, 0.1) is 12.2 Å². The minimum atomic E-state index is -0.897. The molecule has 27 heavy (non-hydrogen) atoms. The Kier molecular flexibility index (Phi) is 5.90. The lowest BCUT2D eigenvalue weighted by molar-refractivity contribution is -0.146. The zero-order chi connectivity index (χ0) is 19.2. The molecule has 1 saturated heterocycles. The Labute approximate surface area is 157 Å². The highest BCUT2D eigenvalue weighted by Gasteiger charge is 2.33. The Morgan fingerprint density at radius 2 is 1.96 bits per heavy atom. The van der Waals surface area contributed by atoms with Crippen LogP contribution in [0, 0.1) is 5.92 Å². The predicted octanol–water partition coefficient (Wildman–Crippen LogP) is 1.94. The van der Waals surface area contributed by atoms with Gasteiger partial charge in [-0.25, -0.2) is 0 Å². The first kappa shape index (κ1) is 18.7. The number of aliphatic carboxylic acids is 1. The van der Waals surface area contributed by atoms with Crippen LogP contribution in [-0.4, -0.2) is 46.9 Å². The highest BCUT2D eigenvalue weighted by molar-refractivity contribution is 5.95. The molecule has 0 aliphatic carbocycles. The van der Waals surface area contributed by atoms with Crippen molar-refractivity contribution in [2.24, 2.45) is 5.92 Å². The van der Waals surface area contributed by atoms with E-state index < -0.39 is 23.8 Å². The Balaban J connectivity index is 1.76. The Bertz CT molecular complexity index is 788. The summed E-state index contributed by atoms with van der Waals surface area (Å²) in [5.74, 6) is -2.08. The van der Waals surface area contributed by atoms with Crippen LogP contribution in [0.4, 0.5) is 0 Å². The van der Waals surface area contributed by atoms with E-state index in [2.05, 4.69) is 5.32 Å². The summed E-state index contributed by atoms with van der Waals surface area (Å²) in [6.07, 6.45) is 2.90. The van der Waals surface area contributed by atoms with Crippen LogP contribution in [0.15, 0.2) is 53.1 Å². The third-order valence-corrected chi connectivity index (χ3v) is 4.71. The van der Waals surface area contributed by atoms with Crippen molar-refractivity contribution in [2.75, 3.05) is 13.1 Å². The van der Waals surface area contributed by atoms with Crippen molar-refractivity contribution in [3.63, 3.8) is 0 Å². The van der Waals surface area contributed by atoms with Gasteiger partial charge in [0.15, 0.2) is 5.76 Å². The maximum Gasteiger partial charge on any atom is 0.308 e. The Hall–Kier alpha value is -3.09. The minimum absolute atomic E-state index is 0.128. The van der Waals surface area contributed by atoms with E-state index in [1.807, 2.05) is 30.3 Å². The van der Waals surface area contributed by atoms with Gasteiger partial charge in [-0.3, -0.25) is 14.4 Å². The van der Waals surface area contributed by atoms with Gasteiger partial charge >= 0.3 is 5.97 Å². The first-order valence-electron chi connectivity index (χ1n) is 8.94. The lowest BCUT2D eigenvalue weighted by Crippen LogP contribution is -2.52. The summed E-state index contributed by atoms with van der Waals surface area (Å²) < 4.78 is 5.11. The fraction of sp³-hybridized carbons (Fsp3) is 0.350. The van der Waals surface area contributed by atoms with Crippen LogP contribution < -0.4 is 5.32 Å². The molecule has 0 unspecified atom stereocenters. The van der Waals surface area contributed by atoms with Crippen molar-refractivity contribution in [3.05, 3.63) is 60.1 Å². The summed E-state index contributed by atoms with van der Waals surface area (Å²) in [5.41, 5.74) is 0.905. The monoisotopic (exact) mass is 370 g/mol. The number of rotatable bonds is 6. The van der Waals surface area contributed by atoms with Crippen LogP contribution in [-0.2, 0) is 16.0 Å². The first-order valence-corrected chi connectivity index (χ1v) is 8.94. The van der Waals surface area contributed by atoms with E-state index in [-0.39, 0.29) is 18.2 Å². The number of hydrogen-bond donors (Lipinski definition) is 2. The molecular weight excluding hydrogens is 348 g/mol. The Morgan fingerprint density at radius 3 is 2.63 bits per heavy atom. The maximum absolute atomic E-state index is 13.1. The number of carboxylic acids is 1. The number of benzene rings is 1. The zero-order valence-electron chi connectivity index (χ0n) is 14.8. The number of hydrogen-bond acceptors (Lipinski definition) is 4. The van der Waals surface area contributed by atoms with E-state index in [1.165, 1.54) is 17.2 Å². The number of carboxylic acid groups (broad SMARTS) is 1. The maximum atomic E-state index is 13.1. The lowest BCUT2D eigenvalue weighted by atomic mass is 9.96. The van der Waals surface area contributed by atoms with Crippen molar-refractivity contribution in [3.8, 4) is 0 Å². The lowest BCUT2D eigenvalue weighted by Gasteiger charge is -2.33. The first-order chi connectivity index (χ1) is 13.0. The largest absolute Gasteiger partial charge is 0.481 e. The molecule has 1 aliphatic rings. The van der Waals surface area contributed by atoms with Crippen LogP contribution in [0.2, 0.25) is 0 Å². The highest BCUT2D eigenvalue weighted by Crippen LogP contribution is 2.18. The van der Waals surface area contributed by atoms with Crippen molar-refractivity contribution in [2.45, 2.75) is 25.3 Å². The molecule has 0 radical (unpaired) electrons. The number of amides is 2. The molecule has 0 saturated carbocycles. The minimum Gasteiger partial charge on any atom is -0.481 e. The normalized spacial score (nSPS) is 17.9. The molecule has 2 N–H and O–H groups in total. The van der Waals surface area contributed by atoms with E-state index in [4.69, 9.17) is 4.42 Å². The highest BCUT2D eigenvalue weighted by atomic mass is 16.4. The molecule has 0 spiro atoms. The van der Waals surface area contributed by atoms with Crippen molar-refractivity contribution in [1.29, 1.82) is 0 Å². The summed E-state index contributed by atoms with van der Waals surface area (Å²) in [7, 11) is 0. The van der Waals surface area contributed by atoms with Gasteiger partial charge in [0.2, 0.25) is 5.91 Å². The third-order valence-electron chi connectivity index (χ3n) is 4.71. The van der Waals surface area contributed by atoms with E-state index in [1.54, 1.807) is 6.07 Å². The number of furan rings is 1. The van der Waals surface area contributed by atoms with E-state index in [0.29, 0.717) is 25.8 Å². The van der Waals surface area contributed by atoms with Crippen LogP contribution in [0.1, 0.15) is 29.0 Å². The molecule has 1 aromatic carbocycles. The molecule has 2 aromatic rings. The van der Waals surface area contributed by atoms with Gasteiger partial charge in [-0.15, -0.1) is 0 Å². The summed E-state index contributed by atoms with van der Waals surface area (Å²) >= 11 is 0. The topological polar surface area (TPSA) is 99.9 Å². The zero-order valence-corrected chi connectivity index (χ0v) is 14.8. The van der Waals surface area contributed by atoms with Crippen LogP contribution in [0.3, 0.4) is 0 Å². The van der Waals surface area contributed by atoms with E-state index in [0.717, 1.165) is 5.56 Å². The average Bonchev–Trinajstić information content (AvgIpc) is 3.23. The predicted molar refractivity (Wildman–Crippen MR) is 97.0 cm³/mol. The second kappa shape index (κ2) is 8.53. The van der Waals surface area contributed by atoms with Gasteiger partial charge in [-0.2, -0.15) is 0 Å². The number of carbonyl (C=O) groups excluding carboxylic acids is 2. The number of carbonyl (C=O) groups is 3. The van der Waals surface area contributed by atoms with Gasteiger partial charge < -0.3 is 19.7 Å². The average molecular weight is 370 g/mol. The third kappa shape index (κ3) is 4.75. The van der Waals surface area contributed by atoms with Crippen LogP contribution in [0.5, 0.6) is 0 Å². The van der Waals surface area contributed by atoms with Crippen LogP contribution in [0.25, 0.3) is 0 Å². The molecule has 2 heterocycles. The molecule has 3 rings (SSSR count). The number of nitrogens with one attached hydrogen (secondary N) is 1. The summed E-state index contributed by atoms with van der Waals surface area (Å²) in [5, 5.41) is 12.0. The van der Waals surface area contributed by atoms with Gasteiger partial charge in [-0.05, 0) is 30.5 Å². The Morgan fingerprint density at radius 1 is 1.19 bits per heavy atom. The quantitative estimate of drug-likeness (QED) is 0.809. The molecule has 142 valence electrons. The van der Waals surface area contributed by atoms with Gasteiger partial charge in [0.25, 0.3) is 5.91 Å². The van der Waals surface area contributed by atoms with E-state index >= 15 is 0 Å². The number of piperidine rings is 1. The van der Waals surface area contributed by atoms with Gasteiger partial charge in [-0.1, -0.05) is 30.3 Å². The van der Waals surface area contributed by atoms with Gasteiger partial charge in [0.1, 0.15) is 6.04 Å². The smallest absolute Gasteiger partial charge is 0.308 e. The number of nitrogens with zero attached hydrogens (tertiary/aromatic N) is 1. The SMILES string of the molecule is O=C(N[C@H](Cc1ccccc1)C(=O)N1CCC[C@H](C(=O)O)C1)c1ccco1. The summed E-state index contributed by atoms with van der Waals surface area (Å²) in [6, 6.07) is 11.7. The van der Waals surface area contributed by atoms with Crippen LogP contribution >= 0.6 is 0 Å². The molecule has 1 aromatic heterocycles. The standard InChI is InChI=1S/C20H22N2O5/c23-18(17-9-5-11-27-17)21-16(12-14-6-2-1-3-7-14)19(24)22-10-4-8-15(13-22)20(25)26/h1-3,5-7,9,11,15-16H,4,8,10,12-13H2,(H,21,23)(H,25,26)/t15-,16+/m0/s1. The van der Waals surface area contributed by atoms with E-state index in [9.17, 15) is 19.5 Å². The number of likely N-dealkylation sites (tertiary alicyclic amines) is 1. The molecule has 1 fully saturated rings. The molecule has 2 atom stereocenters. The molecule has 7 nitrogen and oxygen atoms in total. The molecule has 1 aliphatic heterocycles. The molecular formula is C20H22N2O5. The van der Waals surface area contributed by atoms with Crippen molar-refractivity contribution >= 4 is 17.8 Å². The fourth-order valence-corrected chi connectivity index (χ4v) is 3.29. The van der Waals surface area contributed by atoms with Gasteiger partial charge in [0, 0.05) is 19.5 Å². The summed E-state index contributed by atoms with van der Waals surface area (Å²) in [6.45, 7) is 0.653. The molecule has 2 amide bonds. The molecule has 0 bridgehead atoms. The second-order valence-corrected chi connectivity index (χ2v) is 6.65. The summed E-state index contributed by atoms with van der Waals surface area (Å²) in [4.78, 5) is 38.3.